The van der Waals surface area contributed by atoms with E-state index in [1.54, 1.807) is 19.2 Å². The van der Waals surface area contributed by atoms with E-state index in [-0.39, 0.29) is 16.8 Å². The molecule has 0 saturated carbocycles. The lowest BCUT2D eigenvalue weighted by Crippen LogP contribution is -2.46. The quantitative estimate of drug-likeness (QED) is 0.928. The smallest absolute Gasteiger partial charge is 0.154 e. The molecule has 20 heavy (non-hydrogen) atoms. The average Bonchev–Trinajstić information content (AvgIpc) is 2.41. The Labute approximate surface area is 124 Å². The number of hydrogen-bond acceptors (Lipinski definition) is 3. The van der Waals surface area contributed by atoms with Gasteiger partial charge in [-0.2, -0.15) is 0 Å². The first kappa shape index (κ1) is 15.7. The lowest BCUT2D eigenvalue weighted by Gasteiger charge is -2.30. The van der Waals surface area contributed by atoms with Gasteiger partial charge in [-0.05, 0) is 37.9 Å². The lowest BCUT2D eigenvalue weighted by atomic mass is 9.99. The molecule has 1 fully saturated rings. The van der Waals surface area contributed by atoms with Crippen LogP contribution in [0.3, 0.4) is 0 Å². The van der Waals surface area contributed by atoms with E-state index in [2.05, 4.69) is 5.32 Å². The van der Waals surface area contributed by atoms with Gasteiger partial charge in [0.1, 0.15) is 5.82 Å². The SMILES string of the molecule is CNC(Cc1cccc(Cl)c1F)C1CCCCS1(=O)=O. The highest BCUT2D eigenvalue weighted by atomic mass is 35.5. The molecule has 0 bridgehead atoms. The van der Waals surface area contributed by atoms with Crippen LogP contribution in [0.2, 0.25) is 5.02 Å². The van der Waals surface area contributed by atoms with Crippen molar-refractivity contribution in [1.29, 1.82) is 0 Å². The first-order chi connectivity index (χ1) is 9.45. The number of nitrogens with one attached hydrogen (secondary N) is 1. The number of likely N-dealkylation sites (N-methyl/N-ethyl adjacent to an activating group) is 1. The van der Waals surface area contributed by atoms with E-state index in [0.717, 1.165) is 12.8 Å². The van der Waals surface area contributed by atoms with Crippen molar-refractivity contribution in [3.05, 3.63) is 34.6 Å². The molecule has 6 heteroatoms. The maximum Gasteiger partial charge on any atom is 0.154 e. The summed E-state index contributed by atoms with van der Waals surface area (Å²) < 4.78 is 38.3. The van der Waals surface area contributed by atoms with Crippen LogP contribution in [0.4, 0.5) is 4.39 Å². The molecule has 1 aliphatic rings. The molecule has 0 aromatic heterocycles. The molecular weight excluding hydrogens is 301 g/mol. The van der Waals surface area contributed by atoms with Crippen LogP contribution < -0.4 is 5.32 Å². The third-order valence-electron chi connectivity index (χ3n) is 3.92. The van der Waals surface area contributed by atoms with Gasteiger partial charge < -0.3 is 5.32 Å². The maximum atomic E-state index is 13.9. The maximum absolute atomic E-state index is 13.9. The minimum absolute atomic E-state index is 0.0730. The molecule has 0 radical (unpaired) electrons. The summed E-state index contributed by atoms with van der Waals surface area (Å²) in [5.41, 5.74) is 0.456. The molecule has 0 spiro atoms. The number of rotatable bonds is 4. The van der Waals surface area contributed by atoms with Crippen molar-refractivity contribution in [3.8, 4) is 0 Å². The Morgan fingerprint density at radius 3 is 2.85 bits per heavy atom. The van der Waals surface area contributed by atoms with Crippen molar-refractivity contribution < 1.29 is 12.8 Å². The molecule has 0 aliphatic carbocycles. The van der Waals surface area contributed by atoms with Gasteiger partial charge >= 0.3 is 0 Å². The summed E-state index contributed by atoms with van der Waals surface area (Å²) in [7, 11) is -1.38. The molecule has 2 atom stereocenters. The highest BCUT2D eigenvalue weighted by Crippen LogP contribution is 2.26. The van der Waals surface area contributed by atoms with Crippen LogP contribution in [0.1, 0.15) is 24.8 Å². The van der Waals surface area contributed by atoms with Crippen LogP contribution in [-0.2, 0) is 16.3 Å². The number of hydrogen-bond donors (Lipinski definition) is 1. The molecule has 1 N–H and O–H groups in total. The minimum Gasteiger partial charge on any atom is -0.315 e. The first-order valence-corrected chi connectivity index (χ1v) is 8.87. The molecule has 112 valence electrons. The topological polar surface area (TPSA) is 46.2 Å². The summed E-state index contributed by atoms with van der Waals surface area (Å²) >= 11 is 5.77. The average molecular weight is 320 g/mol. The fourth-order valence-corrected chi connectivity index (χ4v) is 5.16. The van der Waals surface area contributed by atoms with Crippen LogP contribution in [0.15, 0.2) is 18.2 Å². The van der Waals surface area contributed by atoms with Crippen LogP contribution in [0.25, 0.3) is 0 Å². The fraction of sp³-hybridized carbons (Fsp3) is 0.571. The first-order valence-electron chi connectivity index (χ1n) is 6.77. The second kappa shape index (κ2) is 6.41. The summed E-state index contributed by atoms with van der Waals surface area (Å²) in [4.78, 5) is 0. The van der Waals surface area contributed by atoms with E-state index >= 15 is 0 Å². The zero-order chi connectivity index (χ0) is 14.8. The third kappa shape index (κ3) is 3.32. The predicted octanol–water partition coefficient (Wildman–Crippen LogP) is 2.58. The molecule has 1 aromatic rings. The predicted molar refractivity (Wildman–Crippen MR) is 79.4 cm³/mol. The molecule has 1 aliphatic heterocycles. The van der Waals surface area contributed by atoms with E-state index in [9.17, 15) is 12.8 Å². The van der Waals surface area contributed by atoms with Crippen molar-refractivity contribution >= 4 is 21.4 Å². The Hall–Kier alpha value is -0.650. The molecule has 3 nitrogen and oxygen atoms in total. The summed E-state index contributed by atoms with van der Waals surface area (Å²) in [6, 6.07) is 4.55. The largest absolute Gasteiger partial charge is 0.315 e. The Morgan fingerprint density at radius 2 is 2.20 bits per heavy atom. The standard InChI is InChI=1S/C14H19ClFNO2S/c1-17-12(13-7-2-3-8-20(13,18)19)9-10-5-4-6-11(15)14(10)16/h4-6,12-13,17H,2-3,7-9H2,1H3. The molecule has 1 aromatic carbocycles. The highest BCUT2D eigenvalue weighted by Gasteiger charge is 2.35. The Kier molecular flexibility index (Phi) is 5.04. The van der Waals surface area contributed by atoms with Crippen molar-refractivity contribution in [1.82, 2.24) is 5.32 Å². The van der Waals surface area contributed by atoms with E-state index in [1.165, 1.54) is 6.07 Å². The van der Waals surface area contributed by atoms with Crippen LogP contribution in [0.5, 0.6) is 0 Å². The van der Waals surface area contributed by atoms with Crippen LogP contribution in [-0.4, -0.2) is 32.5 Å². The number of benzene rings is 1. The second-order valence-corrected chi connectivity index (χ2v) is 7.96. The van der Waals surface area contributed by atoms with Gasteiger partial charge in [0.2, 0.25) is 0 Å². The van der Waals surface area contributed by atoms with Gasteiger partial charge in [-0.3, -0.25) is 0 Å². The van der Waals surface area contributed by atoms with Crippen molar-refractivity contribution in [2.45, 2.75) is 37.0 Å². The van der Waals surface area contributed by atoms with Crippen LogP contribution in [0, 0.1) is 5.82 Å². The third-order valence-corrected chi connectivity index (χ3v) is 6.56. The molecule has 1 heterocycles. The molecule has 0 amide bonds. The molecule has 1 saturated heterocycles. The summed E-state index contributed by atoms with van der Waals surface area (Å²) in [5.74, 6) is -0.226. The summed E-state index contributed by atoms with van der Waals surface area (Å²) in [6.07, 6.45) is 2.59. The van der Waals surface area contributed by atoms with Gasteiger partial charge in [0.05, 0.1) is 16.0 Å². The van der Waals surface area contributed by atoms with Gasteiger partial charge in [-0.25, -0.2) is 12.8 Å². The van der Waals surface area contributed by atoms with Gasteiger partial charge in [0.15, 0.2) is 9.84 Å². The Morgan fingerprint density at radius 1 is 1.45 bits per heavy atom. The number of halogens is 2. The fourth-order valence-electron chi connectivity index (χ4n) is 2.79. The zero-order valence-corrected chi connectivity index (χ0v) is 13.0. The van der Waals surface area contributed by atoms with E-state index in [4.69, 9.17) is 11.6 Å². The van der Waals surface area contributed by atoms with Gasteiger partial charge in [0, 0.05) is 6.04 Å². The molecule has 2 unspecified atom stereocenters. The van der Waals surface area contributed by atoms with E-state index in [1.807, 2.05) is 0 Å². The van der Waals surface area contributed by atoms with E-state index < -0.39 is 20.9 Å². The Bertz CT molecular complexity index is 577. The summed E-state index contributed by atoms with van der Waals surface area (Å²) in [5, 5.41) is 2.66. The minimum atomic E-state index is -3.10. The van der Waals surface area contributed by atoms with Crippen molar-refractivity contribution in [2.24, 2.45) is 0 Å². The normalized spacial score (nSPS) is 23.4. The Balaban J connectivity index is 2.22. The van der Waals surface area contributed by atoms with Crippen molar-refractivity contribution in [2.75, 3.05) is 12.8 Å². The van der Waals surface area contributed by atoms with Gasteiger partial charge in [-0.1, -0.05) is 30.2 Å². The molecule has 2 rings (SSSR count). The zero-order valence-electron chi connectivity index (χ0n) is 11.4. The highest BCUT2D eigenvalue weighted by molar-refractivity contribution is 7.92. The van der Waals surface area contributed by atoms with E-state index in [0.29, 0.717) is 18.4 Å². The van der Waals surface area contributed by atoms with Crippen LogP contribution >= 0.6 is 11.6 Å². The van der Waals surface area contributed by atoms with Gasteiger partial charge in [0.25, 0.3) is 0 Å². The second-order valence-electron chi connectivity index (χ2n) is 5.21. The lowest BCUT2D eigenvalue weighted by molar-refractivity contribution is 0.450. The monoisotopic (exact) mass is 319 g/mol. The molecular formula is C14H19ClFNO2S. The summed E-state index contributed by atoms with van der Waals surface area (Å²) in [6.45, 7) is 0. The number of sulfone groups is 1. The van der Waals surface area contributed by atoms with Crippen molar-refractivity contribution in [3.63, 3.8) is 0 Å². The van der Waals surface area contributed by atoms with Gasteiger partial charge in [-0.15, -0.1) is 0 Å².